The molecule has 0 aliphatic heterocycles. The van der Waals surface area contributed by atoms with E-state index in [0.29, 0.717) is 11.7 Å². The van der Waals surface area contributed by atoms with E-state index in [1.165, 1.54) is 12.3 Å². The number of nitrogens with one attached hydrogen (secondary N) is 1. The molecule has 0 radical (unpaired) electrons. The van der Waals surface area contributed by atoms with Gasteiger partial charge in [0.25, 0.3) is 6.43 Å². The van der Waals surface area contributed by atoms with Gasteiger partial charge in [-0.2, -0.15) is 5.10 Å². The standard InChI is InChI=1S/C16H17F3N6/c1-9-6-22-16(24-10(9)2)23-8-12(25-20)7-21-11-3-4-14(17)13(5-11)15(18)19/h3-7,15H,8,20H2,1-2H3,(H,22,23,24). The Morgan fingerprint density at radius 3 is 2.76 bits per heavy atom. The predicted octanol–water partition coefficient (Wildman–Crippen LogP) is 3.30. The highest BCUT2D eigenvalue weighted by molar-refractivity contribution is 6.32. The van der Waals surface area contributed by atoms with E-state index < -0.39 is 17.8 Å². The van der Waals surface area contributed by atoms with Crippen LogP contribution >= 0.6 is 0 Å². The molecule has 25 heavy (non-hydrogen) atoms. The number of rotatable bonds is 6. The molecule has 1 aromatic carbocycles. The van der Waals surface area contributed by atoms with Crippen LogP contribution in [0.2, 0.25) is 0 Å². The lowest BCUT2D eigenvalue weighted by Gasteiger charge is -2.06. The topological polar surface area (TPSA) is 88.5 Å². The van der Waals surface area contributed by atoms with Gasteiger partial charge in [0.2, 0.25) is 5.95 Å². The molecule has 0 amide bonds. The fourth-order valence-corrected chi connectivity index (χ4v) is 1.83. The van der Waals surface area contributed by atoms with E-state index in [4.69, 9.17) is 5.84 Å². The minimum absolute atomic E-state index is 0.167. The van der Waals surface area contributed by atoms with Gasteiger partial charge in [-0.25, -0.2) is 23.1 Å². The number of nitrogens with zero attached hydrogens (tertiary/aromatic N) is 4. The summed E-state index contributed by atoms with van der Waals surface area (Å²) < 4.78 is 38.6. The molecule has 9 heteroatoms. The summed E-state index contributed by atoms with van der Waals surface area (Å²) >= 11 is 0. The Kier molecular flexibility index (Phi) is 6.04. The largest absolute Gasteiger partial charge is 0.348 e. The summed E-state index contributed by atoms with van der Waals surface area (Å²) in [5, 5.41) is 6.49. The van der Waals surface area contributed by atoms with Gasteiger partial charge in [0, 0.05) is 11.9 Å². The Balaban J connectivity index is 2.05. The SMILES string of the molecule is Cc1cnc(NCC(C=Nc2ccc(F)c(C(F)F)c2)=NN)nc1C. The van der Waals surface area contributed by atoms with E-state index in [2.05, 4.69) is 25.4 Å². The summed E-state index contributed by atoms with van der Waals surface area (Å²) in [4.78, 5) is 12.4. The van der Waals surface area contributed by atoms with Crippen LogP contribution in [0.5, 0.6) is 0 Å². The molecule has 0 unspecified atom stereocenters. The normalized spacial score (nSPS) is 12.2. The Morgan fingerprint density at radius 1 is 1.36 bits per heavy atom. The molecule has 0 atom stereocenters. The van der Waals surface area contributed by atoms with E-state index in [0.717, 1.165) is 23.4 Å². The first kappa shape index (κ1) is 18.4. The van der Waals surface area contributed by atoms with Crippen molar-refractivity contribution in [3.8, 4) is 0 Å². The predicted molar refractivity (Wildman–Crippen MR) is 91.1 cm³/mol. The number of anilines is 1. The third kappa shape index (κ3) is 5.00. The average Bonchev–Trinajstić information content (AvgIpc) is 2.59. The number of aliphatic imine (C=N–C) groups is 1. The lowest BCUT2D eigenvalue weighted by atomic mass is 10.2. The van der Waals surface area contributed by atoms with Crippen LogP contribution in [0.4, 0.5) is 24.8 Å². The zero-order valence-electron chi connectivity index (χ0n) is 13.7. The van der Waals surface area contributed by atoms with Gasteiger partial charge in [-0.3, -0.25) is 4.99 Å². The molecule has 0 aliphatic carbocycles. The second kappa shape index (κ2) is 8.22. The first-order valence-corrected chi connectivity index (χ1v) is 7.33. The molecule has 1 aromatic heterocycles. The molecule has 0 aliphatic rings. The van der Waals surface area contributed by atoms with Gasteiger partial charge in [0.05, 0.1) is 29.7 Å². The quantitative estimate of drug-likeness (QED) is 0.475. The number of aryl methyl sites for hydroxylation is 2. The fraction of sp³-hybridized carbons (Fsp3) is 0.250. The van der Waals surface area contributed by atoms with Crippen molar-refractivity contribution in [1.29, 1.82) is 0 Å². The molecule has 2 rings (SSSR count). The number of hydrogen-bond acceptors (Lipinski definition) is 6. The van der Waals surface area contributed by atoms with Crippen LogP contribution in [0.1, 0.15) is 23.2 Å². The van der Waals surface area contributed by atoms with Crippen molar-refractivity contribution in [3.63, 3.8) is 0 Å². The molecule has 0 spiro atoms. The first-order chi connectivity index (χ1) is 11.9. The van der Waals surface area contributed by atoms with Crippen LogP contribution in [0.25, 0.3) is 0 Å². The van der Waals surface area contributed by atoms with Crippen LogP contribution in [0.15, 0.2) is 34.5 Å². The lowest BCUT2D eigenvalue weighted by Crippen LogP contribution is -2.18. The minimum Gasteiger partial charge on any atom is -0.348 e. The molecule has 3 N–H and O–H groups in total. The van der Waals surface area contributed by atoms with Crippen molar-refractivity contribution >= 4 is 23.6 Å². The van der Waals surface area contributed by atoms with Gasteiger partial charge < -0.3 is 11.2 Å². The molecule has 6 nitrogen and oxygen atoms in total. The average molecular weight is 350 g/mol. The highest BCUT2D eigenvalue weighted by Crippen LogP contribution is 2.26. The van der Waals surface area contributed by atoms with Crippen molar-refractivity contribution in [2.45, 2.75) is 20.3 Å². The summed E-state index contributed by atoms with van der Waals surface area (Å²) in [5.74, 6) is 4.72. The molecular formula is C16H17F3N6. The molecule has 2 aromatic rings. The van der Waals surface area contributed by atoms with Crippen molar-refractivity contribution < 1.29 is 13.2 Å². The molecule has 1 heterocycles. The van der Waals surface area contributed by atoms with Crippen molar-refractivity contribution in [1.82, 2.24) is 9.97 Å². The summed E-state index contributed by atoms with van der Waals surface area (Å²) in [5.41, 5.74) is 1.60. The van der Waals surface area contributed by atoms with Gasteiger partial charge >= 0.3 is 0 Å². The number of nitrogens with two attached hydrogens (primary N) is 1. The second-order valence-corrected chi connectivity index (χ2v) is 5.20. The number of benzene rings is 1. The number of hydrogen-bond donors (Lipinski definition) is 2. The smallest absolute Gasteiger partial charge is 0.266 e. The minimum atomic E-state index is -2.92. The van der Waals surface area contributed by atoms with E-state index >= 15 is 0 Å². The van der Waals surface area contributed by atoms with Crippen LogP contribution in [-0.4, -0.2) is 28.4 Å². The number of hydrazone groups is 1. The van der Waals surface area contributed by atoms with Crippen LogP contribution in [-0.2, 0) is 0 Å². The van der Waals surface area contributed by atoms with Crippen molar-refractivity contribution in [2.24, 2.45) is 15.9 Å². The summed E-state index contributed by atoms with van der Waals surface area (Å²) in [6, 6.07) is 3.20. The van der Waals surface area contributed by atoms with E-state index in [1.54, 1.807) is 6.20 Å². The third-order valence-corrected chi connectivity index (χ3v) is 3.40. The number of alkyl halides is 2. The fourth-order valence-electron chi connectivity index (χ4n) is 1.83. The van der Waals surface area contributed by atoms with Crippen LogP contribution in [0, 0.1) is 19.7 Å². The van der Waals surface area contributed by atoms with Gasteiger partial charge in [-0.15, -0.1) is 0 Å². The van der Waals surface area contributed by atoms with E-state index in [9.17, 15) is 13.2 Å². The summed E-state index contributed by atoms with van der Waals surface area (Å²) in [7, 11) is 0. The molecule has 0 bridgehead atoms. The van der Waals surface area contributed by atoms with Gasteiger partial charge in [-0.1, -0.05) is 0 Å². The van der Waals surface area contributed by atoms with Gasteiger partial charge in [0.1, 0.15) is 5.82 Å². The van der Waals surface area contributed by atoms with E-state index in [1.807, 2.05) is 13.8 Å². The molecular weight excluding hydrogens is 333 g/mol. The number of halogens is 3. The second-order valence-electron chi connectivity index (χ2n) is 5.20. The Morgan fingerprint density at radius 2 is 2.12 bits per heavy atom. The summed E-state index contributed by atoms with van der Waals surface area (Å²) in [6.45, 7) is 3.94. The Labute approximate surface area is 142 Å². The molecule has 132 valence electrons. The lowest BCUT2D eigenvalue weighted by molar-refractivity contribution is 0.146. The maximum atomic E-state index is 13.3. The van der Waals surface area contributed by atoms with Gasteiger partial charge in [-0.05, 0) is 37.6 Å². The monoisotopic (exact) mass is 350 g/mol. The van der Waals surface area contributed by atoms with Crippen molar-refractivity contribution in [2.75, 3.05) is 11.9 Å². The third-order valence-electron chi connectivity index (χ3n) is 3.40. The molecule has 0 saturated carbocycles. The van der Waals surface area contributed by atoms with Crippen molar-refractivity contribution in [3.05, 3.63) is 47.0 Å². The molecule has 0 saturated heterocycles. The Bertz CT molecular complexity index is 804. The first-order valence-electron chi connectivity index (χ1n) is 7.33. The summed E-state index contributed by atoms with van der Waals surface area (Å²) in [6.07, 6.45) is 0.0697. The van der Waals surface area contributed by atoms with E-state index in [-0.39, 0.29) is 12.2 Å². The van der Waals surface area contributed by atoms with Crippen LogP contribution < -0.4 is 11.2 Å². The highest BCUT2D eigenvalue weighted by atomic mass is 19.3. The molecule has 0 fully saturated rings. The van der Waals surface area contributed by atoms with Crippen LogP contribution in [0.3, 0.4) is 0 Å². The van der Waals surface area contributed by atoms with Gasteiger partial charge in [0.15, 0.2) is 0 Å². The maximum absolute atomic E-state index is 13.3. The zero-order valence-corrected chi connectivity index (χ0v) is 13.7. The Hall–Kier alpha value is -2.97. The number of aromatic nitrogens is 2. The highest BCUT2D eigenvalue weighted by Gasteiger charge is 2.13. The maximum Gasteiger partial charge on any atom is 0.266 e. The zero-order chi connectivity index (χ0) is 18.4.